The van der Waals surface area contributed by atoms with Gasteiger partial charge in [0.25, 0.3) is 0 Å². The summed E-state index contributed by atoms with van der Waals surface area (Å²) >= 11 is 6.06. The van der Waals surface area contributed by atoms with Crippen LogP contribution in [0.3, 0.4) is 0 Å². The fourth-order valence-electron chi connectivity index (χ4n) is 2.74. The maximum atomic E-state index is 12.3. The van der Waals surface area contributed by atoms with Crippen molar-refractivity contribution in [1.82, 2.24) is 20.1 Å². The minimum atomic E-state index is -0.329. The molecule has 1 aliphatic rings. The van der Waals surface area contributed by atoms with E-state index in [9.17, 15) is 4.79 Å². The van der Waals surface area contributed by atoms with E-state index in [1.165, 1.54) is 7.11 Å². The number of anilines is 1. The molecular weight excluding hydrogens is 318 g/mol. The number of para-hydroxylation sites is 1. The number of amides is 2. The number of methoxy groups -OCH3 is 1. The maximum absolute atomic E-state index is 12.3. The van der Waals surface area contributed by atoms with Crippen molar-refractivity contribution >= 4 is 23.3 Å². The minimum Gasteiger partial charge on any atom is -0.493 e. The van der Waals surface area contributed by atoms with Gasteiger partial charge in [-0.2, -0.15) is 5.10 Å². The second kappa shape index (κ2) is 6.45. The first kappa shape index (κ1) is 15.6. The minimum absolute atomic E-state index is 0.157. The smallest absolute Gasteiger partial charge is 0.319 e. The van der Waals surface area contributed by atoms with Crippen molar-refractivity contribution in [3.63, 3.8) is 0 Å². The zero-order chi connectivity index (χ0) is 16.4. The Balaban J connectivity index is 1.73. The number of ether oxygens (including phenoxy) is 1. The largest absolute Gasteiger partial charge is 0.493 e. The van der Waals surface area contributed by atoms with Gasteiger partial charge in [-0.25, -0.2) is 14.5 Å². The number of halogens is 1. The summed E-state index contributed by atoms with van der Waals surface area (Å²) in [6.45, 7) is 2.68. The molecule has 0 unspecified atom stereocenters. The van der Waals surface area contributed by atoms with Crippen molar-refractivity contribution in [1.29, 1.82) is 0 Å². The van der Waals surface area contributed by atoms with Crippen LogP contribution in [0, 0.1) is 6.92 Å². The highest BCUT2D eigenvalue weighted by Gasteiger charge is 2.25. The van der Waals surface area contributed by atoms with Crippen molar-refractivity contribution in [2.75, 3.05) is 12.4 Å². The molecule has 0 radical (unpaired) electrons. The molecule has 8 heteroatoms. The van der Waals surface area contributed by atoms with Crippen LogP contribution in [-0.4, -0.2) is 27.9 Å². The van der Waals surface area contributed by atoms with Gasteiger partial charge in [-0.15, -0.1) is 0 Å². The Hall–Kier alpha value is -2.28. The molecule has 0 spiro atoms. The molecule has 122 valence electrons. The Morgan fingerprint density at radius 1 is 1.48 bits per heavy atom. The lowest BCUT2D eigenvalue weighted by atomic mass is 10.1. The van der Waals surface area contributed by atoms with E-state index < -0.39 is 0 Å². The molecule has 7 nitrogen and oxygen atoms in total. The normalized spacial score (nSPS) is 16.6. The van der Waals surface area contributed by atoms with E-state index in [-0.39, 0.29) is 12.1 Å². The van der Waals surface area contributed by atoms with Crippen LogP contribution in [0.2, 0.25) is 5.02 Å². The maximum Gasteiger partial charge on any atom is 0.319 e. The molecule has 1 aromatic carbocycles. The lowest BCUT2D eigenvalue weighted by Crippen LogP contribution is -2.36. The summed E-state index contributed by atoms with van der Waals surface area (Å²) in [6.07, 6.45) is 1.78. The third-order valence-corrected chi connectivity index (χ3v) is 4.00. The molecule has 3 rings (SSSR count). The Bertz CT molecular complexity index is 731. The highest BCUT2D eigenvalue weighted by Crippen LogP contribution is 2.32. The summed E-state index contributed by atoms with van der Waals surface area (Å²) in [5, 5.41) is 10.5. The second-order valence-electron chi connectivity index (χ2n) is 5.35. The van der Waals surface area contributed by atoms with Crippen molar-refractivity contribution in [3.05, 3.63) is 34.9 Å². The van der Waals surface area contributed by atoms with Gasteiger partial charge in [0.15, 0.2) is 5.75 Å². The summed E-state index contributed by atoms with van der Waals surface area (Å²) in [5.74, 6) is 1.94. The van der Waals surface area contributed by atoms with Crippen molar-refractivity contribution in [3.8, 4) is 5.75 Å². The SMILES string of the molecule is COc1c(Cl)cccc1NC(=O)N[C@@H]1CCCn2nc(C)nc21. The quantitative estimate of drug-likeness (QED) is 0.903. The van der Waals surface area contributed by atoms with Gasteiger partial charge in [-0.1, -0.05) is 17.7 Å². The highest BCUT2D eigenvalue weighted by atomic mass is 35.5. The molecule has 2 heterocycles. The first-order valence-corrected chi connectivity index (χ1v) is 7.77. The molecule has 0 saturated heterocycles. The number of nitrogens with zero attached hydrogens (tertiary/aromatic N) is 3. The van der Waals surface area contributed by atoms with Gasteiger partial charge in [-0.3, -0.25) is 0 Å². The van der Waals surface area contributed by atoms with Gasteiger partial charge in [0.1, 0.15) is 11.6 Å². The van der Waals surface area contributed by atoms with Gasteiger partial charge in [0.2, 0.25) is 0 Å². The Morgan fingerprint density at radius 2 is 2.30 bits per heavy atom. The van der Waals surface area contributed by atoms with Gasteiger partial charge < -0.3 is 15.4 Å². The number of aryl methyl sites for hydroxylation is 2. The number of benzene rings is 1. The molecule has 2 amide bonds. The Kier molecular flexibility index (Phi) is 4.38. The van der Waals surface area contributed by atoms with Crippen LogP contribution >= 0.6 is 11.6 Å². The monoisotopic (exact) mass is 335 g/mol. The van der Waals surface area contributed by atoms with E-state index in [0.717, 1.165) is 25.2 Å². The van der Waals surface area contributed by atoms with Crippen LogP contribution < -0.4 is 15.4 Å². The number of rotatable bonds is 3. The molecule has 1 aromatic heterocycles. The first-order chi connectivity index (χ1) is 11.1. The number of fused-ring (bicyclic) bond motifs is 1. The Labute approximate surface area is 139 Å². The summed E-state index contributed by atoms with van der Waals surface area (Å²) < 4.78 is 7.08. The fraction of sp³-hybridized carbons (Fsp3) is 0.400. The topological polar surface area (TPSA) is 81.1 Å². The van der Waals surface area contributed by atoms with E-state index in [4.69, 9.17) is 16.3 Å². The number of hydrogen-bond acceptors (Lipinski definition) is 4. The Morgan fingerprint density at radius 3 is 3.09 bits per heavy atom. The highest BCUT2D eigenvalue weighted by molar-refractivity contribution is 6.32. The lowest BCUT2D eigenvalue weighted by molar-refractivity contribution is 0.244. The summed E-state index contributed by atoms with van der Waals surface area (Å²) in [7, 11) is 1.51. The predicted molar refractivity (Wildman–Crippen MR) is 86.9 cm³/mol. The zero-order valence-electron chi connectivity index (χ0n) is 13.0. The zero-order valence-corrected chi connectivity index (χ0v) is 13.7. The first-order valence-electron chi connectivity index (χ1n) is 7.40. The molecular formula is C15H18ClN5O2. The lowest BCUT2D eigenvalue weighted by Gasteiger charge is -2.23. The average molecular weight is 336 g/mol. The number of urea groups is 1. The molecule has 0 aliphatic carbocycles. The van der Waals surface area contributed by atoms with Gasteiger partial charge >= 0.3 is 6.03 Å². The average Bonchev–Trinajstić information content (AvgIpc) is 2.89. The number of carbonyl (C=O) groups is 1. The van der Waals surface area contributed by atoms with Gasteiger partial charge in [0.05, 0.1) is 23.9 Å². The number of hydrogen-bond donors (Lipinski definition) is 2. The van der Waals surface area contributed by atoms with E-state index in [2.05, 4.69) is 20.7 Å². The molecule has 0 bridgehead atoms. The van der Waals surface area contributed by atoms with E-state index >= 15 is 0 Å². The molecule has 2 N–H and O–H groups in total. The van der Waals surface area contributed by atoms with E-state index in [0.29, 0.717) is 22.3 Å². The summed E-state index contributed by atoms with van der Waals surface area (Å²) in [4.78, 5) is 16.7. The molecule has 23 heavy (non-hydrogen) atoms. The molecule has 2 aromatic rings. The van der Waals surface area contributed by atoms with Crippen molar-refractivity contribution < 1.29 is 9.53 Å². The predicted octanol–water partition coefficient (Wildman–Crippen LogP) is 2.91. The third-order valence-electron chi connectivity index (χ3n) is 3.71. The summed E-state index contributed by atoms with van der Waals surface area (Å²) in [6, 6.07) is 4.70. The standard InChI is InChI=1S/C15H18ClN5O2/c1-9-17-14-12(7-4-8-21(14)20-9)19-15(22)18-11-6-3-5-10(16)13(11)23-2/h3,5-6,12H,4,7-8H2,1-2H3,(H2,18,19,22)/t12-/m1/s1. The van der Waals surface area contributed by atoms with Crippen LogP contribution in [0.1, 0.15) is 30.5 Å². The molecule has 0 fully saturated rings. The third kappa shape index (κ3) is 3.24. The van der Waals surface area contributed by atoms with Gasteiger partial charge in [0, 0.05) is 6.54 Å². The van der Waals surface area contributed by atoms with E-state index in [1.807, 2.05) is 11.6 Å². The molecule has 1 aliphatic heterocycles. The van der Waals surface area contributed by atoms with Crippen LogP contribution in [0.15, 0.2) is 18.2 Å². The van der Waals surface area contributed by atoms with Crippen molar-refractivity contribution in [2.24, 2.45) is 0 Å². The van der Waals surface area contributed by atoms with E-state index in [1.54, 1.807) is 18.2 Å². The number of carbonyl (C=O) groups excluding carboxylic acids is 1. The van der Waals surface area contributed by atoms with Crippen LogP contribution in [0.25, 0.3) is 0 Å². The number of nitrogens with one attached hydrogen (secondary N) is 2. The fourth-order valence-corrected chi connectivity index (χ4v) is 2.99. The second-order valence-corrected chi connectivity index (χ2v) is 5.76. The summed E-state index contributed by atoms with van der Waals surface area (Å²) in [5.41, 5.74) is 0.519. The van der Waals surface area contributed by atoms with Crippen LogP contribution in [-0.2, 0) is 6.54 Å². The van der Waals surface area contributed by atoms with Crippen molar-refractivity contribution in [2.45, 2.75) is 32.4 Å². The molecule has 1 atom stereocenters. The van der Waals surface area contributed by atoms with Crippen LogP contribution in [0.5, 0.6) is 5.75 Å². The number of aromatic nitrogens is 3. The molecule has 0 saturated carbocycles. The van der Waals surface area contributed by atoms with Gasteiger partial charge in [-0.05, 0) is 31.9 Å². The van der Waals surface area contributed by atoms with Crippen LogP contribution in [0.4, 0.5) is 10.5 Å².